The molecule has 0 aromatic carbocycles. The minimum absolute atomic E-state index is 0.969. The van der Waals surface area contributed by atoms with Crippen molar-refractivity contribution in [3.8, 4) is 11.8 Å². The Labute approximate surface area is 154 Å². The second kappa shape index (κ2) is 20.6. The van der Waals surface area contributed by atoms with Crippen LogP contribution in [0.1, 0.15) is 122 Å². The van der Waals surface area contributed by atoms with E-state index in [2.05, 4.69) is 32.6 Å². The van der Waals surface area contributed by atoms with Gasteiger partial charge in [0, 0.05) is 12.8 Å². The minimum atomic E-state index is 0.969. The van der Waals surface area contributed by atoms with Crippen molar-refractivity contribution in [1.29, 1.82) is 0 Å². The maximum absolute atomic E-state index is 3.91. The van der Waals surface area contributed by atoms with Crippen molar-refractivity contribution < 1.29 is 0 Å². The van der Waals surface area contributed by atoms with Crippen LogP contribution in [0.25, 0.3) is 0 Å². The van der Waals surface area contributed by atoms with Gasteiger partial charge >= 0.3 is 0 Å². The zero-order chi connectivity index (χ0) is 17.7. The van der Waals surface area contributed by atoms with Crippen LogP contribution in [0, 0.1) is 31.6 Å². The van der Waals surface area contributed by atoms with Crippen molar-refractivity contribution >= 4 is 0 Å². The Hall–Kier alpha value is -0.440. The molecular weight excluding hydrogens is 288 g/mol. The topological polar surface area (TPSA) is 0 Å². The number of hydrogen-bond acceptors (Lipinski definition) is 0. The predicted octanol–water partition coefficient (Wildman–Crippen LogP) is 8.32. The molecule has 0 rings (SSSR count). The molecule has 0 aliphatic rings. The third kappa shape index (κ3) is 17.9. The van der Waals surface area contributed by atoms with E-state index < -0.39 is 0 Å². The van der Waals surface area contributed by atoms with E-state index in [0.29, 0.717) is 0 Å². The van der Waals surface area contributed by atoms with Crippen LogP contribution < -0.4 is 0 Å². The van der Waals surface area contributed by atoms with Gasteiger partial charge in [0.15, 0.2) is 0 Å². The Balaban J connectivity index is 3.38. The lowest BCUT2D eigenvalue weighted by Gasteiger charge is -2.14. The molecule has 0 N–H and O–H groups in total. The summed E-state index contributed by atoms with van der Waals surface area (Å²) in [4.78, 5) is 0. The number of hydrogen-bond donors (Lipinski definition) is 0. The second-order valence-corrected chi connectivity index (χ2v) is 7.30. The van der Waals surface area contributed by atoms with Crippen LogP contribution in [-0.4, -0.2) is 0 Å². The highest BCUT2D eigenvalue weighted by atomic mass is 14.1. The molecule has 1 unspecified atom stereocenters. The van der Waals surface area contributed by atoms with Gasteiger partial charge in [-0.05, 0) is 18.8 Å². The van der Waals surface area contributed by atoms with Crippen LogP contribution >= 0.6 is 0 Å². The minimum Gasteiger partial charge on any atom is -0.103 e. The fourth-order valence-corrected chi connectivity index (χ4v) is 3.26. The molecule has 1 atom stereocenters. The van der Waals surface area contributed by atoms with Crippen LogP contribution in [0.4, 0.5) is 0 Å². The van der Waals surface area contributed by atoms with E-state index in [0.717, 1.165) is 31.6 Å². The molecule has 0 nitrogen and oxygen atoms in total. The first kappa shape index (κ1) is 23.6. The molecule has 0 heterocycles. The highest BCUT2D eigenvalue weighted by Crippen LogP contribution is 2.21. The van der Waals surface area contributed by atoms with Crippen molar-refractivity contribution in [3.05, 3.63) is 13.8 Å². The summed E-state index contributed by atoms with van der Waals surface area (Å²) in [5, 5.41) is 0. The van der Waals surface area contributed by atoms with Crippen molar-refractivity contribution in [1.82, 2.24) is 0 Å². The Bertz CT molecular complexity index is 280. The van der Waals surface area contributed by atoms with E-state index in [1.165, 1.54) is 89.9 Å². The first-order chi connectivity index (χ1) is 11.8. The maximum atomic E-state index is 3.91. The van der Waals surface area contributed by atoms with Gasteiger partial charge in [0.05, 0.1) is 0 Å². The molecule has 2 radical (unpaired) electrons. The fraction of sp³-hybridized carbons (Fsp3) is 0.833. The second-order valence-electron chi connectivity index (χ2n) is 7.30. The van der Waals surface area contributed by atoms with E-state index in [4.69, 9.17) is 0 Å². The van der Waals surface area contributed by atoms with Crippen molar-refractivity contribution in [2.45, 2.75) is 122 Å². The van der Waals surface area contributed by atoms with Gasteiger partial charge in [0.1, 0.15) is 0 Å². The lowest BCUT2D eigenvalue weighted by molar-refractivity contribution is 0.395. The summed E-state index contributed by atoms with van der Waals surface area (Å²) in [7, 11) is 0. The Morgan fingerprint density at radius 3 is 1.50 bits per heavy atom. The highest BCUT2D eigenvalue weighted by molar-refractivity contribution is 4.98. The molecule has 0 spiro atoms. The van der Waals surface area contributed by atoms with E-state index in [-0.39, 0.29) is 0 Å². The summed E-state index contributed by atoms with van der Waals surface area (Å²) >= 11 is 0. The highest BCUT2D eigenvalue weighted by Gasteiger charge is 2.05. The summed E-state index contributed by atoms with van der Waals surface area (Å²) in [5.74, 6) is 7.65. The van der Waals surface area contributed by atoms with Crippen LogP contribution in [-0.2, 0) is 0 Å². The molecule has 0 aliphatic carbocycles. The molecule has 24 heavy (non-hydrogen) atoms. The van der Waals surface area contributed by atoms with Gasteiger partial charge in [-0.1, -0.05) is 111 Å². The normalized spacial score (nSPS) is 12.0. The van der Waals surface area contributed by atoms with Gasteiger partial charge in [0.25, 0.3) is 0 Å². The Morgan fingerprint density at radius 1 is 0.583 bits per heavy atom. The number of unbranched alkanes of at least 4 members (excludes halogenated alkanes) is 12. The Morgan fingerprint density at radius 2 is 1.00 bits per heavy atom. The average Bonchev–Trinajstić information content (AvgIpc) is 2.60. The van der Waals surface area contributed by atoms with E-state index in [9.17, 15) is 0 Å². The lowest BCUT2D eigenvalue weighted by Crippen LogP contribution is -1.99. The van der Waals surface area contributed by atoms with Crippen LogP contribution in [0.2, 0.25) is 0 Å². The molecule has 0 aliphatic heterocycles. The maximum Gasteiger partial charge on any atom is 0.00886 e. The summed E-state index contributed by atoms with van der Waals surface area (Å²) in [6, 6.07) is 0. The first-order valence-electron chi connectivity index (χ1n) is 10.9. The van der Waals surface area contributed by atoms with Crippen molar-refractivity contribution in [2.75, 3.05) is 0 Å². The monoisotopic (exact) mass is 332 g/mol. The molecule has 0 saturated carbocycles. The summed E-state index contributed by atoms with van der Waals surface area (Å²) in [6.07, 6.45) is 23.5. The van der Waals surface area contributed by atoms with Gasteiger partial charge in [-0.25, -0.2) is 0 Å². The predicted molar refractivity (Wildman–Crippen MR) is 111 cm³/mol. The summed E-state index contributed by atoms with van der Waals surface area (Å²) in [6.45, 7) is 10.2. The largest absolute Gasteiger partial charge is 0.103 e. The van der Waals surface area contributed by atoms with Crippen LogP contribution in [0.3, 0.4) is 0 Å². The number of rotatable bonds is 17. The van der Waals surface area contributed by atoms with Gasteiger partial charge in [-0.15, -0.1) is 11.8 Å². The molecular formula is C24H44. The third-order valence-electron chi connectivity index (χ3n) is 5.03. The molecule has 0 heteroatoms. The van der Waals surface area contributed by atoms with E-state index in [1.807, 2.05) is 0 Å². The lowest BCUT2D eigenvalue weighted by atomic mass is 9.92. The first-order valence-corrected chi connectivity index (χ1v) is 10.9. The standard InChI is InChI=1S/C24H44/c1-4-7-9-11-13-14-15-16-17-19-21-23-24(6-3)22-20-18-12-10-8-5-2/h24H,1-2,4-13,16-23H2,3H3. The van der Waals surface area contributed by atoms with Crippen LogP contribution in [0.5, 0.6) is 0 Å². The third-order valence-corrected chi connectivity index (χ3v) is 5.03. The fourth-order valence-electron chi connectivity index (χ4n) is 3.26. The van der Waals surface area contributed by atoms with Gasteiger partial charge < -0.3 is 0 Å². The average molecular weight is 333 g/mol. The van der Waals surface area contributed by atoms with Gasteiger partial charge in [-0.2, -0.15) is 0 Å². The molecule has 0 fully saturated rings. The molecule has 0 saturated heterocycles. The molecule has 0 amide bonds. The smallest absolute Gasteiger partial charge is 0.00886 e. The van der Waals surface area contributed by atoms with Crippen LogP contribution in [0.15, 0.2) is 0 Å². The van der Waals surface area contributed by atoms with E-state index >= 15 is 0 Å². The summed E-state index contributed by atoms with van der Waals surface area (Å²) in [5.41, 5.74) is 0. The van der Waals surface area contributed by atoms with Crippen molar-refractivity contribution in [2.24, 2.45) is 5.92 Å². The summed E-state index contributed by atoms with van der Waals surface area (Å²) < 4.78 is 0. The Kier molecular flexibility index (Phi) is 20.2. The van der Waals surface area contributed by atoms with Gasteiger partial charge in [-0.3, -0.25) is 0 Å². The quantitative estimate of drug-likeness (QED) is 0.185. The SMILES string of the molecule is [CH2]CCCCCC#CCCCCCC(CC)CCCCCCC[CH2]. The molecule has 0 aromatic rings. The zero-order valence-corrected chi connectivity index (χ0v) is 16.7. The zero-order valence-electron chi connectivity index (χ0n) is 16.7. The molecule has 140 valence electrons. The van der Waals surface area contributed by atoms with E-state index in [1.54, 1.807) is 0 Å². The molecule has 0 bridgehead atoms. The van der Waals surface area contributed by atoms with Gasteiger partial charge in [0.2, 0.25) is 0 Å². The molecule has 0 aromatic heterocycles. The van der Waals surface area contributed by atoms with Crippen molar-refractivity contribution in [3.63, 3.8) is 0 Å².